The molecular weight excluding hydrogens is 360 g/mol. The maximum atomic E-state index is 12.6. The van der Waals surface area contributed by atoms with Gasteiger partial charge in [0.25, 0.3) is 0 Å². The van der Waals surface area contributed by atoms with Crippen LogP contribution in [0, 0.1) is 0 Å². The van der Waals surface area contributed by atoms with E-state index in [1.807, 2.05) is 95.7 Å². The predicted molar refractivity (Wildman–Crippen MR) is 114 cm³/mol. The first-order valence-corrected chi connectivity index (χ1v) is 9.69. The van der Waals surface area contributed by atoms with Crippen LogP contribution in [0.4, 0.5) is 0 Å². The minimum absolute atomic E-state index is 0.0922. The van der Waals surface area contributed by atoms with Crippen LogP contribution in [0.15, 0.2) is 91.5 Å². The van der Waals surface area contributed by atoms with Crippen molar-refractivity contribution in [1.29, 1.82) is 0 Å². The molecule has 5 heteroatoms. The average Bonchev–Trinajstić information content (AvgIpc) is 3.42. The van der Waals surface area contributed by atoms with E-state index in [0.29, 0.717) is 13.0 Å². The van der Waals surface area contributed by atoms with Gasteiger partial charge in [-0.1, -0.05) is 42.5 Å². The molecule has 0 aliphatic carbocycles. The summed E-state index contributed by atoms with van der Waals surface area (Å²) in [4.78, 5) is 14.4. The highest BCUT2D eigenvalue weighted by Gasteiger charge is 2.12. The van der Waals surface area contributed by atoms with E-state index >= 15 is 0 Å². The van der Waals surface area contributed by atoms with Crippen LogP contribution in [0.3, 0.4) is 0 Å². The van der Waals surface area contributed by atoms with E-state index in [9.17, 15) is 4.79 Å². The summed E-state index contributed by atoms with van der Waals surface area (Å²) in [5, 5.41) is 4.42. The standard InChI is InChI=1S/C24H24N4O/c1-26(17-22-16-25-28(19-22)18-21-7-3-2-4-8-21)24(29)15-20-9-11-23(12-10-20)27-13-5-6-14-27/h2-14,16,19H,15,17-18H2,1H3. The molecule has 0 N–H and O–H groups in total. The average molecular weight is 384 g/mol. The predicted octanol–water partition coefficient (Wildman–Crippen LogP) is 3.92. The Labute approximate surface area is 170 Å². The molecule has 0 aliphatic heterocycles. The Kier molecular flexibility index (Phi) is 5.56. The topological polar surface area (TPSA) is 43.1 Å². The van der Waals surface area contributed by atoms with Crippen molar-refractivity contribution >= 4 is 5.91 Å². The Hall–Kier alpha value is -3.60. The number of carbonyl (C=O) groups excluding carboxylic acids is 1. The Bertz CT molecular complexity index is 1050. The third kappa shape index (κ3) is 4.82. The van der Waals surface area contributed by atoms with E-state index in [4.69, 9.17) is 0 Å². The van der Waals surface area contributed by atoms with Gasteiger partial charge in [-0.25, -0.2) is 0 Å². The van der Waals surface area contributed by atoms with Gasteiger partial charge >= 0.3 is 0 Å². The molecule has 2 aromatic heterocycles. The first-order chi connectivity index (χ1) is 14.2. The molecule has 29 heavy (non-hydrogen) atoms. The Morgan fingerprint density at radius 2 is 1.62 bits per heavy atom. The van der Waals surface area contributed by atoms with Crippen LogP contribution in [-0.2, 0) is 24.3 Å². The number of hydrogen-bond acceptors (Lipinski definition) is 2. The van der Waals surface area contributed by atoms with Crippen molar-refractivity contribution < 1.29 is 4.79 Å². The zero-order valence-corrected chi connectivity index (χ0v) is 16.5. The summed E-state index contributed by atoms with van der Waals surface area (Å²) in [5.41, 5.74) is 4.33. The van der Waals surface area contributed by atoms with Gasteiger partial charge in [-0.15, -0.1) is 0 Å². The van der Waals surface area contributed by atoms with E-state index in [2.05, 4.69) is 17.2 Å². The van der Waals surface area contributed by atoms with Crippen LogP contribution >= 0.6 is 0 Å². The molecule has 4 aromatic rings. The maximum Gasteiger partial charge on any atom is 0.227 e. The van der Waals surface area contributed by atoms with Gasteiger partial charge in [-0.3, -0.25) is 9.48 Å². The van der Waals surface area contributed by atoms with E-state index in [1.165, 1.54) is 5.56 Å². The van der Waals surface area contributed by atoms with Crippen LogP contribution in [0.5, 0.6) is 0 Å². The summed E-state index contributed by atoms with van der Waals surface area (Å²) in [7, 11) is 1.84. The molecule has 146 valence electrons. The maximum absolute atomic E-state index is 12.6. The van der Waals surface area contributed by atoms with Gasteiger partial charge < -0.3 is 9.47 Å². The summed E-state index contributed by atoms with van der Waals surface area (Å²) < 4.78 is 3.95. The minimum atomic E-state index is 0.0922. The van der Waals surface area contributed by atoms with Crippen molar-refractivity contribution in [2.45, 2.75) is 19.5 Å². The summed E-state index contributed by atoms with van der Waals surface area (Å²) in [5.74, 6) is 0.0922. The SMILES string of the molecule is CN(Cc1cnn(Cc2ccccc2)c1)C(=O)Cc1ccc(-n2cccc2)cc1. The molecule has 4 rings (SSSR count). The Morgan fingerprint density at radius 3 is 2.34 bits per heavy atom. The molecule has 0 saturated heterocycles. The van der Waals surface area contributed by atoms with Crippen molar-refractivity contribution in [3.63, 3.8) is 0 Å². The molecule has 5 nitrogen and oxygen atoms in total. The van der Waals surface area contributed by atoms with Crippen LogP contribution < -0.4 is 0 Å². The third-order valence-corrected chi connectivity index (χ3v) is 4.91. The lowest BCUT2D eigenvalue weighted by atomic mass is 10.1. The lowest BCUT2D eigenvalue weighted by Crippen LogP contribution is -2.27. The van der Waals surface area contributed by atoms with Gasteiger partial charge in [0.05, 0.1) is 19.2 Å². The van der Waals surface area contributed by atoms with Gasteiger partial charge in [-0.05, 0) is 35.4 Å². The van der Waals surface area contributed by atoms with Crippen molar-refractivity contribution in [2.24, 2.45) is 0 Å². The summed E-state index contributed by atoms with van der Waals surface area (Å²) in [6.07, 6.45) is 8.24. The molecule has 0 fully saturated rings. The molecule has 0 atom stereocenters. The van der Waals surface area contributed by atoms with Gasteiger partial charge in [0.2, 0.25) is 5.91 Å². The zero-order chi connectivity index (χ0) is 20.1. The quantitative estimate of drug-likeness (QED) is 0.485. The first kappa shape index (κ1) is 18.7. The van der Waals surface area contributed by atoms with Gasteiger partial charge in [0, 0.05) is 43.4 Å². The number of rotatable bonds is 7. The molecule has 0 saturated carbocycles. The van der Waals surface area contributed by atoms with Crippen molar-refractivity contribution in [3.8, 4) is 5.69 Å². The van der Waals surface area contributed by atoms with Gasteiger partial charge in [0.15, 0.2) is 0 Å². The lowest BCUT2D eigenvalue weighted by molar-refractivity contribution is -0.129. The van der Waals surface area contributed by atoms with Gasteiger partial charge in [-0.2, -0.15) is 5.10 Å². The number of amides is 1. The van der Waals surface area contributed by atoms with E-state index in [-0.39, 0.29) is 5.91 Å². The fourth-order valence-electron chi connectivity index (χ4n) is 3.31. The fourth-order valence-corrected chi connectivity index (χ4v) is 3.31. The number of hydrogen-bond donors (Lipinski definition) is 0. The molecule has 1 amide bonds. The Balaban J connectivity index is 1.32. The second-order valence-electron chi connectivity index (χ2n) is 7.22. The van der Waals surface area contributed by atoms with Crippen molar-refractivity contribution in [3.05, 3.63) is 108 Å². The molecular formula is C24H24N4O. The Morgan fingerprint density at radius 1 is 0.897 bits per heavy atom. The molecule has 0 spiro atoms. The fraction of sp³-hybridized carbons (Fsp3) is 0.167. The van der Waals surface area contributed by atoms with Crippen molar-refractivity contribution in [2.75, 3.05) is 7.05 Å². The van der Waals surface area contributed by atoms with E-state index in [0.717, 1.165) is 23.4 Å². The van der Waals surface area contributed by atoms with E-state index in [1.54, 1.807) is 4.90 Å². The second kappa shape index (κ2) is 8.61. The molecule has 0 aliphatic rings. The monoisotopic (exact) mass is 384 g/mol. The van der Waals surface area contributed by atoms with Crippen molar-refractivity contribution in [1.82, 2.24) is 19.2 Å². The van der Waals surface area contributed by atoms with Crippen LogP contribution in [0.1, 0.15) is 16.7 Å². The highest BCUT2D eigenvalue weighted by molar-refractivity contribution is 5.78. The number of likely N-dealkylation sites (N-methyl/N-ethyl adjacent to an activating group) is 1. The number of carbonyl (C=O) groups is 1. The second-order valence-corrected chi connectivity index (χ2v) is 7.22. The summed E-state index contributed by atoms with van der Waals surface area (Å²) in [6.45, 7) is 1.28. The summed E-state index contributed by atoms with van der Waals surface area (Å²) in [6, 6.07) is 22.3. The highest BCUT2D eigenvalue weighted by Crippen LogP contribution is 2.12. The smallest absolute Gasteiger partial charge is 0.227 e. The number of benzene rings is 2. The minimum Gasteiger partial charge on any atom is -0.341 e. The summed E-state index contributed by atoms with van der Waals surface area (Å²) >= 11 is 0. The molecule has 2 heterocycles. The zero-order valence-electron chi connectivity index (χ0n) is 16.5. The highest BCUT2D eigenvalue weighted by atomic mass is 16.2. The lowest BCUT2D eigenvalue weighted by Gasteiger charge is -2.16. The number of aromatic nitrogens is 3. The normalized spacial score (nSPS) is 10.8. The molecule has 0 radical (unpaired) electrons. The molecule has 0 bridgehead atoms. The van der Waals surface area contributed by atoms with Gasteiger partial charge in [0.1, 0.15) is 0 Å². The number of nitrogens with zero attached hydrogens (tertiary/aromatic N) is 4. The molecule has 2 aromatic carbocycles. The van der Waals surface area contributed by atoms with Crippen LogP contribution in [0.25, 0.3) is 5.69 Å². The molecule has 0 unspecified atom stereocenters. The first-order valence-electron chi connectivity index (χ1n) is 9.69. The van der Waals surface area contributed by atoms with Crippen LogP contribution in [-0.4, -0.2) is 32.2 Å². The van der Waals surface area contributed by atoms with E-state index < -0.39 is 0 Å². The largest absolute Gasteiger partial charge is 0.341 e. The third-order valence-electron chi connectivity index (χ3n) is 4.91. The van der Waals surface area contributed by atoms with Crippen LogP contribution in [0.2, 0.25) is 0 Å².